The Morgan fingerprint density at radius 3 is 2.67 bits per heavy atom. The highest BCUT2D eigenvalue weighted by molar-refractivity contribution is 6.55. The Balaban J connectivity index is 2.19. The summed E-state index contributed by atoms with van der Waals surface area (Å²) in [6.07, 6.45) is 2.10. The van der Waals surface area contributed by atoms with Crippen LogP contribution >= 0.6 is 23.2 Å². The molecule has 0 radical (unpaired) electrons. The number of hydrogen-bond acceptors (Lipinski definition) is 2. The van der Waals surface area contributed by atoms with Crippen LogP contribution in [-0.4, -0.2) is 11.6 Å². The molecule has 0 saturated heterocycles. The van der Waals surface area contributed by atoms with Crippen molar-refractivity contribution in [3.8, 4) is 0 Å². The third kappa shape index (κ3) is 2.74. The maximum absolute atomic E-state index is 12.2. The van der Waals surface area contributed by atoms with E-state index in [1.165, 1.54) is 5.01 Å². The number of benzene rings is 1. The fourth-order valence-corrected chi connectivity index (χ4v) is 2.01. The van der Waals surface area contributed by atoms with E-state index in [0.717, 1.165) is 11.4 Å². The van der Waals surface area contributed by atoms with E-state index in [4.69, 9.17) is 23.2 Å². The summed E-state index contributed by atoms with van der Waals surface area (Å²) in [6.45, 7) is 1.83. The largest absolute Gasteiger partial charge is 0.272 e. The van der Waals surface area contributed by atoms with E-state index in [0.29, 0.717) is 6.42 Å². The third-order valence-corrected chi connectivity index (χ3v) is 3.09. The Kier molecular flexibility index (Phi) is 4.04. The van der Waals surface area contributed by atoms with Crippen LogP contribution in [0.2, 0.25) is 0 Å². The number of hydrogen-bond donors (Lipinski definition) is 0. The van der Waals surface area contributed by atoms with E-state index in [9.17, 15) is 4.79 Å². The predicted molar refractivity (Wildman–Crippen MR) is 74.9 cm³/mol. The van der Waals surface area contributed by atoms with E-state index in [2.05, 4.69) is 5.10 Å². The second-order valence-corrected chi connectivity index (χ2v) is 5.02. The van der Waals surface area contributed by atoms with Crippen molar-refractivity contribution in [2.75, 3.05) is 5.01 Å². The molecular weight excluding hydrogens is 271 g/mol. The van der Waals surface area contributed by atoms with Crippen molar-refractivity contribution in [1.82, 2.24) is 0 Å². The van der Waals surface area contributed by atoms with Gasteiger partial charge in [-0.05, 0) is 25.5 Å². The van der Waals surface area contributed by atoms with E-state index in [1.807, 2.05) is 37.3 Å². The van der Waals surface area contributed by atoms with Crippen molar-refractivity contribution in [3.63, 3.8) is 0 Å². The van der Waals surface area contributed by atoms with E-state index >= 15 is 0 Å². The molecule has 18 heavy (non-hydrogen) atoms. The van der Waals surface area contributed by atoms with E-state index in [1.54, 1.807) is 6.08 Å². The first kappa shape index (κ1) is 13.1. The number of halogens is 2. The van der Waals surface area contributed by atoms with Gasteiger partial charge in [0.15, 0.2) is 0 Å². The van der Waals surface area contributed by atoms with Gasteiger partial charge in [-0.15, -0.1) is 0 Å². The smallest absolute Gasteiger partial charge is 0.256 e. The maximum atomic E-state index is 12.2. The molecule has 0 N–H and O–H groups in total. The molecule has 0 fully saturated rings. The molecule has 2 rings (SSSR count). The van der Waals surface area contributed by atoms with Crippen LogP contribution in [0.3, 0.4) is 0 Å². The number of nitrogens with zero attached hydrogens (tertiary/aromatic N) is 2. The molecule has 0 aromatic heterocycles. The number of allylic oxidation sites excluding steroid dienone is 1. The van der Waals surface area contributed by atoms with Gasteiger partial charge < -0.3 is 0 Å². The first-order valence-electron chi connectivity index (χ1n) is 5.55. The molecular formula is C13H12Cl2N2O. The Bertz CT molecular complexity index is 507. The van der Waals surface area contributed by atoms with Gasteiger partial charge in [0.05, 0.1) is 11.6 Å². The van der Waals surface area contributed by atoms with Gasteiger partial charge in [-0.1, -0.05) is 47.5 Å². The van der Waals surface area contributed by atoms with E-state index < -0.39 is 0 Å². The van der Waals surface area contributed by atoms with Gasteiger partial charge in [-0.3, -0.25) is 4.79 Å². The average molecular weight is 283 g/mol. The van der Waals surface area contributed by atoms with Crippen molar-refractivity contribution >= 4 is 40.5 Å². The number of rotatable bonds is 3. The van der Waals surface area contributed by atoms with Crippen molar-refractivity contribution in [2.24, 2.45) is 11.0 Å². The van der Waals surface area contributed by atoms with Crippen LogP contribution in [0, 0.1) is 5.92 Å². The number of amides is 1. The molecule has 0 aliphatic carbocycles. The Hall–Kier alpha value is -1.32. The normalized spacial score (nSPS) is 18.8. The summed E-state index contributed by atoms with van der Waals surface area (Å²) < 4.78 is 0.175. The van der Waals surface area contributed by atoms with Crippen molar-refractivity contribution in [3.05, 3.63) is 40.9 Å². The van der Waals surface area contributed by atoms with Gasteiger partial charge in [0.1, 0.15) is 4.49 Å². The summed E-state index contributed by atoms with van der Waals surface area (Å²) in [5.74, 6) is -0.331. The second-order valence-electron chi connectivity index (χ2n) is 4.01. The van der Waals surface area contributed by atoms with Gasteiger partial charge in [0, 0.05) is 5.71 Å². The number of anilines is 1. The SMILES string of the molecule is CC1=NN(c2ccccc2)C(=O)[C@@H]1CC=C(Cl)Cl. The molecule has 1 aromatic carbocycles. The van der Waals surface area contributed by atoms with Crippen LogP contribution in [-0.2, 0) is 4.79 Å². The van der Waals surface area contributed by atoms with Crippen LogP contribution in [0.4, 0.5) is 5.69 Å². The number of para-hydroxylation sites is 1. The molecule has 1 amide bonds. The molecule has 1 aromatic rings. The van der Waals surface area contributed by atoms with Gasteiger partial charge in [-0.2, -0.15) is 5.10 Å². The molecule has 1 aliphatic heterocycles. The zero-order valence-electron chi connectivity index (χ0n) is 9.81. The zero-order valence-corrected chi connectivity index (χ0v) is 11.3. The highest BCUT2D eigenvalue weighted by Gasteiger charge is 2.33. The molecule has 94 valence electrons. The van der Waals surface area contributed by atoms with E-state index in [-0.39, 0.29) is 16.3 Å². The minimum atomic E-state index is -0.280. The molecule has 0 bridgehead atoms. The van der Waals surface area contributed by atoms with Crippen molar-refractivity contribution < 1.29 is 4.79 Å². The lowest BCUT2D eigenvalue weighted by atomic mass is 10.0. The Labute approximate surface area is 116 Å². The van der Waals surface area contributed by atoms with Crippen LogP contribution in [0.5, 0.6) is 0 Å². The molecule has 0 spiro atoms. The summed E-state index contributed by atoms with van der Waals surface area (Å²) in [4.78, 5) is 12.2. The molecule has 1 atom stereocenters. The fraction of sp³-hybridized carbons (Fsp3) is 0.231. The lowest BCUT2D eigenvalue weighted by Crippen LogP contribution is -2.26. The van der Waals surface area contributed by atoms with Crippen molar-refractivity contribution in [2.45, 2.75) is 13.3 Å². The summed E-state index contributed by atoms with van der Waals surface area (Å²) in [5.41, 5.74) is 1.54. The Morgan fingerprint density at radius 1 is 1.39 bits per heavy atom. The molecule has 0 saturated carbocycles. The van der Waals surface area contributed by atoms with Crippen LogP contribution < -0.4 is 5.01 Å². The summed E-state index contributed by atoms with van der Waals surface area (Å²) in [6, 6.07) is 9.34. The van der Waals surface area contributed by atoms with Gasteiger partial charge in [-0.25, -0.2) is 5.01 Å². The van der Waals surface area contributed by atoms with Gasteiger partial charge >= 0.3 is 0 Å². The zero-order chi connectivity index (χ0) is 13.1. The number of hydrazone groups is 1. The second kappa shape index (κ2) is 5.55. The first-order chi connectivity index (χ1) is 8.59. The minimum absolute atomic E-state index is 0.0514. The predicted octanol–water partition coefficient (Wildman–Crippen LogP) is 3.73. The summed E-state index contributed by atoms with van der Waals surface area (Å²) in [5, 5.41) is 5.71. The number of carbonyl (C=O) groups excluding carboxylic acids is 1. The lowest BCUT2D eigenvalue weighted by molar-refractivity contribution is -0.119. The van der Waals surface area contributed by atoms with Crippen LogP contribution in [0.1, 0.15) is 13.3 Å². The van der Waals surface area contributed by atoms with Gasteiger partial charge in [0.2, 0.25) is 0 Å². The highest BCUT2D eigenvalue weighted by atomic mass is 35.5. The standard InChI is InChI=1S/C13H12Cl2N2O/c1-9-11(7-8-12(14)15)13(18)17(16-9)10-5-3-2-4-6-10/h2-6,8,11H,7H2,1H3/t11-/m1/s1. The van der Waals surface area contributed by atoms with Crippen LogP contribution in [0.25, 0.3) is 0 Å². The monoisotopic (exact) mass is 282 g/mol. The first-order valence-corrected chi connectivity index (χ1v) is 6.30. The maximum Gasteiger partial charge on any atom is 0.256 e. The fourth-order valence-electron chi connectivity index (χ4n) is 1.84. The highest BCUT2D eigenvalue weighted by Crippen LogP contribution is 2.26. The minimum Gasteiger partial charge on any atom is -0.272 e. The number of carbonyl (C=O) groups is 1. The van der Waals surface area contributed by atoms with Gasteiger partial charge in [0.25, 0.3) is 5.91 Å². The summed E-state index contributed by atoms with van der Waals surface area (Å²) >= 11 is 11.1. The molecule has 1 aliphatic rings. The van der Waals surface area contributed by atoms with Crippen molar-refractivity contribution in [1.29, 1.82) is 0 Å². The quantitative estimate of drug-likeness (QED) is 0.831. The molecule has 5 heteroatoms. The third-order valence-electron chi connectivity index (χ3n) is 2.78. The Morgan fingerprint density at radius 2 is 2.06 bits per heavy atom. The molecule has 3 nitrogen and oxygen atoms in total. The molecule has 1 heterocycles. The van der Waals surface area contributed by atoms with Crippen LogP contribution in [0.15, 0.2) is 46.0 Å². The lowest BCUT2D eigenvalue weighted by Gasteiger charge is -2.13. The average Bonchev–Trinajstić information content (AvgIpc) is 2.63. The molecule has 0 unspecified atom stereocenters. The summed E-state index contributed by atoms with van der Waals surface area (Å²) in [7, 11) is 0. The topological polar surface area (TPSA) is 32.7 Å².